The summed E-state index contributed by atoms with van der Waals surface area (Å²) in [5.41, 5.74) is 0. The van der Waals surface area contributed by atoms with E-state index < -0.39 is 0 Å². The predicted molar refractivity (Wildman–Crippen MR) is 50.7 cm³/mol. The zero-order valence-corrected chi connectivity index (χ0v) is 7.79. The Labute approximate surface area is 74.9 Å². The van der Waals surface area contributed by atoms with Gasteiger partial charge >= 0.3 is 0 Å². The SMILES string of the molecule is C=CCC(OC=C)OCCCC. The van der Waals surface area contributed by atoms with Crippen molar-refractivity contribution in [2.45, 2.75) is 32.5 Å². The van der Waals surface area contributed by atoms with Crippen LogP contribution in [0.5, 0.6) is 0 Å². The molecule has 0 rings (SSSR count). The van der Waals surface area contributed by atoms with Crippen molar-refractivity contribution in [3.63, 3.8) is 0 Å². The van der Waals surface area contributed by atoms with Gasteiger partial charge in [-0.15, -0.1) is 6.58 Å². The van der Waals surface area contributed by atoms with E-state index >= 15 is 0 Å². The third kappa shape index (κ3) is 5.98. The van der Waals surface area contributed by atoms with E-state index in [2.05, 4.69) is 20.1 Å². The number of hydrogen-bond acceptors (Lipinski definition) is 2. The largest absolute Gasteiger partial charge is 0.473 e. The molecule has 0 amide bonds. The second kappa shape index (κ2) is 8.34. The average molecular weight is 170 g/mol. The highest BCUT2D eigenvalue weighted by Crippen LogP contribution is 2.03. The van der Waals surface area contributed by atoms with Gasteiger partial charge in [-0.1, -0.05) is 26.0 Å². The van der Waals surface area contributed by atoms with Crippen LogP contribution in [0.15, 0.2) is 25.5 Å². The maximum absolute atomic E-state index is 5.40. The second-order valence-corrected chi connectivity index (χ2v) is 2.48. The number of rotatable bonds is 8. The lowest BCUT2D eigenvalue weighted by molar-refractivity contribution is -0.103. The molecule has 0 aromatic carbocycles. The average Bonchev–Trinajstić information content (AvgIpc) is 2.06. The van der Waals surface area contributed by atoms with Crippen LogP contribution in [0.4, 0.5) is 0 Å². The van der Waals surface area contributed by atoms with E-state index in [0.29, 0.717) is 6.42 Å². The van der Waals surface area contributed by atoms with Crippen LogP contribution in [0, 0.1) is 0 Å². The summed E-state index contributed by atoms with van der Waals surface area (Å²) in [6.07, 6.45) is 5.88. The molecule has 0 saturated carbocycles. The van der Waals surface area contributed by atoms with Gasteiger partial charge in [-0.3, -0.25) is 0 Å². The molecule has 0 aliphatic heterocycles. The minimum atomic E-state index is -0.202. The Kier molecular flexibility index (Phi) is 7.81. The van der Waals surface area contributed by atoms with Crippen molar-refractivity contribution in [2.75, 3.05) is 6.61 Å². The predicted octanol–water partition coefficient (Wildman–Crippen LogP) is 2.87. The molecule has 0 heterocycles. The van der Waals surface area contributed by atoms with Gasteiger partial charge in [0.05, 0.1) is 12.9 Å². The van der Waals surface area contributed by atoms with Crippen molar-refractivity contribution in [3.8, 4) is 0 Å². The van der Waals surface area contributed by atoms with Gasteiger partial charge < -0.3 is 9.47 Å². The third-order valence-corrected chi connectivity index (χ3v) is 1.41. The van der Waals surface area contributed by atoms with Gasteiger partial charge in [0, 0.05) is 6.42 Å². The first-order valence-electron chi connectivity index (χ1n) is 4.34. The molecule has 0 bridgehead atoms. The van der Waals surface area contributed by atoms with Gasteiger partial charge in [0.2, 0.25) is 6.29 Å². The van der Waals surface area contributed by atoms with Crippen LogP contribution in [0.3, 0.4) is 0 Å². The lowest BCUT2D eigenvalue weighted by Gasteiger charge is -2.14. The molecule has 70 valence electrons. The molecule has 12 heavy (non-hydrogen) atoms. The molecule has 0 aliphatic carbocycles. The molecule has 0 aliphatic rings. The van der Waals surface area contributed by atoms with E-state index in [1.165, 1.54) is 6.26 Å². The van der Waals surface area contributed by atoms with Crippen molar-refractivity contribution < 1.29 is 9.47 Å². The van der Waals surface area contributed by atoms with E-state index in [0.717, 1.165) is 19.4 Å². The van der Waals surface area contributed by atoms with Crippen LogP contribution < -0.4 is 0 Å². The highest BCUT2D eigenvalue weighted by molar-refractivity contribution is 4.69. The molecule has 0 aromatic rings. The zero-order valence-electron chi connectivity index (χ0n) is 7.79. The van der Waals surface area contributed by atoms with Crippen LogP contribution in [0.25, 0.3) is 0 Å². The zero-order chi connectivity index (χ0) is 9.23. The Hall–Kier alpha value is -0.760. The topological polar surface area (TPSA) is 18.5 Å². The van der Waals surface area contributed by atoms with Gasteiger partial charge in [0.25, 0.3) is 0 Å². The summed E-state index contributed by atoms with van der Waals surface area (Å²) in [6.45, 7) is 9.96. The molecule has 2 heteroatoms. The highest BCUT2D eigenvalue weighted by Gasteiger charge is 2.04. The Morgan fingerprint density at radius 2 is 2.17 bits per heavy atom. The molecule has 1 unspecified atom stereocenters. The summed E-state index contributed by atoms with van der Waals surface area (Å²) in [6, 6.07) is 0. The lowest BCUT2D eigenvalue weighted by Crippen LogP contribution is -2.14. The molecule has 0 fully saturated rings. The molecule has 0 spiro atoms. The fourth-order valence-corrected chi connectivity index (χ4v) is 0.765. The molecule has 0 N–H and O–H groups in total. The number of unbranched alkanes of at least 4 members (excludes halogenated alkanes) is 1. The summed E-state index contributed by atoms with van der Waals surface area (Å²) >= 11 is 0. The van der Waals surface area contributed by atoms with Crippen molar-refractivity contribution in [1.82, 2.24) is 0 Å². The number of hydrogen-bond donors (Lipinski definition) is 0. The van der Waals surface area contributed by atoms with E-state index in [9.17, 15) is 0 Å². The fourth-order valence-electron chi connectivity index (χ4n) is 0.765. The fraction of sp³-hybridized carbons (Fsp3) is 0.600. The molecular weight excluding hydrogens is 152 g/mol. The van der Waals surface area contributed by atoms with Crippen LogP contribution in [0.1, 0.15) is 26.2 Å². The smallest absolute Gasteiger partial charge is 0.202 e. The van der Waals surface area contributed by atoms with E-state index in [1.54, 1.807) is 6.08 Å². The normalized spacial score (nSPS) is 12.1. The Balaban J connectivity index is 3.47. The Bertz CT molecular complexity index is 111. The van der Waals surface area contributed by atoms with Crippen molar-refractivity contribution >= 4 is 0 Å². The van der Waals surface area contributed by atoms with E-state index in [1.807, 2.05) is 0 Å². The van der Waals surface area contributed by atoms with Crippen molar-refractivity contribution in [2.24, 2.45) is 0 Å². The van der Waals surface area contributed by atoms with Gasteiger partial charge in [0.15, 0.2) is 0 Å². The van der Waals surface area contributed by atoms with Gasteiger partial charge in [-0.25, -0.2) is 0 Å². The minimum absolute atomic E-state index is 0.202. The first-order chi connectivity index (χ1) is 5.85. The maximum Gasteiger partial charge on any atom is 0.202 e. The standard InChI is InChI=1S/C10H18O2/c1-4-7-9-12-10(8-5-2)11-6-3/h5-6,10H,2-4,7-9H2,1H3. The summed E-state index contributed by atoms with van der Waals surface area (Å²) in [5, 5.41) is 0. The first-order valence-corrected chi connectivity index (χ1v) is 4.34. The number of ether oxygens (including phenoxy) is 2. The molecule has 2 nitrogen and oxygen atoms in total. The summed E-state index contributed by atoms with van der Waals surface area (Å²) in [5.74, 6) is 0. The van der Waals surface area contributed by atoms with Crippen molar-refractivity contribution in [3.05, 3.63) is 25.5 Å². The van der Waals surface area contributed by atoms with Gasteiger partial charge in [0.1, 0.15) is 0 Å². The Morgan fingerprint density at radius 1 is 1.42 bits per heavy atom. The minimum Gasteiger partial charge on any atom is -0.473 e. The maximum atomic E-state index is 5.40. The first kappa shape index (κ1) is 11.2. The third-order valence-electron chi connectivity index (χ3n) is 1.41. The monoisotopic (exact) mass is 170 g/mol. The van der Waals surface area contributed by atoms with E-state index in [-0.39, 0.29) is 6.29 Å². The summed E-state index contributed by atoms with van der Waals surface area (Å²) in [7, 11) is 0. The van der Waals surface area contributed by atoms with Gasteiger partial charge in [-0.2, -0.15) is 0 Å². The quantitative estimate of drug-likeness (QED) is 0.241. The van der Waals surface area contributed by atoms with E-state index in [4.69, 9.17) is 9.47 Å². The van der Waals surface area contributed by atoms with Crippen LogP contribution in [-0.4, -0.2) is 12.9 Å². The molecule has 0 radical (unpaired) electrons. The van der Waals surface area contributed by atoms with Crippen molar-refractivity contribution in [1.29, 1.82) is 0 Å². The molecular formula is C10H18O2. The lowest BCUT2D eigenvalue weighted by atomic mass is 10.3. The molecule has 1 atom stereocenters. The summed E-state index contributed by atoms with van der Waals surface area (Å²) in [4.78, 5) is 0. The highest BCUT2D eigenvalue weighted by atomic mass is 16.7. The molecule has 0 saturated heterocycles. The van der Waals surface area contributed by atoms with Crippen LogP contribution >= 0.6 is 0 Å². The van der Waals surface area contributed by atoms with Crippen LogP contribution in [-0.2, 0) is 9.47 Å². The second-order valence-electron chi connectivity index (χ2n) is 2.48. The molecule has 0 aromatic heterocycles. The van der Waals surface area contributed by atoms with Gasteiger partial charge in [-0.05, 0) is 6.42 Å². The van der Waals surface area contributed by atoms with Crippen LogP contribution in [0.2, 0.25) is 0 Å². The summed E-state index contributed by atoms with van der Waals surface area (Å²) < 4.78 is 10.5. The Morgan fingerprint density at radius 3 is 2.67 bits per heavy atom.